The van der Waals surface area contributed by atoms with Crippen LogP contribution in [0.3, 0.4) is 0 Å². The van der Waals surface area contributed by atoms with Gasteiger partial charge in [0, 0.05) is 17.3 Å². The molecule has 9 heteroatoms. The Morgan fingerprint density at radius 3 is 2.36 bits per heavy atom. The first-order valence-corrected chi connectivity index (χ1v) is 13.7. The largest absolute Gasteiger partial charge is 0.462 e. The molecule has 0 aromatic heterocycles. The van der Waals surface area contributed by atoms with Gasteiger partial charge in [-0.25, -0.2) is 9.18 Å². The minimum atomic E-state index is -1.36. The fraction of sp³-hybridized carbons (Fsp3) is 0.444. The highest BCUT2D eigenvalue weighted by atomic mass is 32.2. The van der Waals surface area contributed by atoms with Crippen molar-refractivity contribution < 1.29 is 27.7 Å². The topological polar surface area (TPSA) is 92.8 Å². The van der Waals surface area contributed by atoms with Crippen molar-refractivity contribution in [3.8, 4) is 0 Å². The number of ether oxygens (including phenoxy) is 1. The number of halogens is 1. The van der Waals surface area contributed by atoms with E-state index in [1.807, 2.05) is 0 Å². The van der Waals surface area contributed by atoms with Gasteiger partial charge in [-0.1, -0.05) is 37.1 Å². The Bertz CT molecular complexity index is 1060. The number of carbonyl (C=O) groups excluding carboxylic acids is 3. The predicted molar refractivity (Wildman–Crippen MR) is 136 cm³/mol. The molecule has 1 unspecified atom stereocenters. The second kappa shape index (κ2) is 13.9. The highest BCUT2D eigenvalue weighted by molar-refractivity contribution is 7.85. The molecule has 36 heavy (non-hydrogen) atoms. The van der Waals surface area contributed by atoms with E-state index < -0.39 is 22.1 Å². The molecule has 2 aromatic rings. The average Bonchev–Trinajstić information content (AvgIpc) is 2.86. The third-order valence-electron chi connectivity index (χ3n) is 6.04. The van der Waals surface area contributed by atoms with Crippen LogP contribution in [0.15, 0.2) is 48.5 Å². The number of esters is 1. The zero-order chi connectivity index (χ0) is 25.9. The molecule has 0 saturated carbocycles. The van der Waals surface area contributed by atoms with Crippen molar-refractivity contribution in [3.63, 3.8) is 0 Å². The first-order chi connectivity index (χ1) is 17.4. The molecule has 1 fully saturated rings. The SMILES string of the molecule is CCOC(=O)c1ccc(CS(=O)[C@@H]2CC(=O)N2CC(=O)NCCCCCCc2ccc(F)cc2)cc1. The number of unbranched alkanes of at least 4 members (excludes halogenated alkanes) is 3. The molecule has 1 saturated heterocycles. The van der Waals surface area contributed by atoms with Crippen molar-refractivity contribution in [3.05, 3.63) is 71.0 Å². The number of hydrogen-bond donors (Lipinski definition) is 1. The minimum absolute atomic E-state index is 0.0956. The van der Waals surface area contributed by atoms with E-state index in [0.717, 1.165) is 43.2 Å². The standard InChI is InChI=1S/C27H33FN2O5S/c1-2-35-27(33)22-12-8-21(9-13-22)19-36(34)26-17-25(32)30(26)18-24(31)29-16-6-4-3-5-7-20-10-14-23(28)15-11-20/h8-15,26H,2-7,16-19H2,1H3,(H,29,31)/t26-,36?/m1/s1. The molecular weight excluding hydrogens is 483 g/mol. The van der Waals surface area contributed by atoms with E-state index >= 15 is 0 Å². The number of likely N-dealkylation sites (tertiary alicyclic amines) is 1. The highest BCUT2D eigenvalue weighted by Gasteiger charge is 2.41. The maximum atomic E-state index is 12.9. The first-order valence-electron chi connectivity index (χ1n) is 12.3. The van der Waals surface area contributed by atoms with Crippen molar-refractivity contribution in [2.75, 3.05) is 19.7 Å². The van der Waals surface area contributed by atoms with E-state index in [1.165, 1.54) is 17.0 Å². The fourth-order valence-corrected chi connectivity index (χ4v) is 5.48. The van der Waals surface area contributed by atoms with Gasteiger partial charge in [0.25, 0.3) is 0 Å². The summed E-state index contributed by atoms with van der Waals surface area (Å²) in [5.41, 5.74) is 2.32. The number of β-lactam (4-membered cyclic amide) rings is 1. The fourth-order valence-electron chi connectivity index (χ4n) is 3.96. The van der Waals surface area contributed by atoms with Gasteiger partial charge in [0.1, 0.15) is 17.7 Å². The van der Waals surface area contributed by atoms with Crippen LogP contribution >= 0.6 is 0 Å². The summed E-state index contributed by atoms with van der Waals surface area (Å²) in [5, 5.41) is 2.35. The molecule has 2 aromatic carbocycles. The lowest BCUT2D eigenvalue weighted by Crippen LogP contribution is -2.57. The number of benzene rings is 2. The monoisotopic (exact) mass is 516 g/mol. The van der Waals surface area contributed by atoms with Crippen LogP contribution in [0.1, 0.15) is 60.5 Å². The van der Waals surface area contributed by atoms with Gasteiger partial charge in [-0.15, -0.1) is 0 Å². The molecule has 1 N–H and O–H groups in total. The lowest BCUT2D eigenvalue weighted by molar-refractivity contribution is -0.145. The average molecular weight is 517 g/mol. The third kappa shape index (κ3) is 8.26. The molecule has 1 heterocycles. The lowest BCUT2D eigenvalue weighted by atomic mass is 10.1. The molecule has 0 bridgehead atoms. The molecule has 0 radical (unpaired) electrons. The van der Waals surface area contributed by atoms with Crippen LogP contribution in [0, 0.1) is 5.82 Å². The molecule has 1 aliphatic rings. The van der Waals surface area contributed by atoms with Crippen molar-refractivity contribution in [2.45, 2.75) is 56.6 Å². The van der Waals surface area contributed by atoms with Gasteiger partial charge in [-0.2, -0.15) is 0 Å². The van der Waals surface area contributed by atoms with Gasteiger partial charge in [-0.3, -0.25) is 13.8 Å². The molecule has 2 amide bonds. The minimum Gasteiger partial charge on any atom is -0.462 e. The maximum Gasteiger partial charge on any atom is 0.338 e. The normalized spacial score (nSPS) is 15.8. The lowest BCUT2D eigenvalue weighted by Gasteiger charge is -2.39. The van der Waals surface area contributed by atoms with Crippen LogP contribution in [-0.2, 0) is 37.3 Å². The van der Waals surface area contributed by atoms with Gasteiger partial charge in [-0.05, 0) is 61.6 Å². The van der Waals surface area contributed by atoms with E-state index in [-0.39, 0.29) is 36.4 Å². The van der Waals surface area contributed by atoms with E-state index in [4.69, 9.17) is 4.74 Å². The highest BCUT2D eigenvalue weighted by Crippen LogP contribution is 2.24. The Kier molecular flexibility index (Phi) is 10.6. The van der Waals surface area contributed by atoms with Crippen molar-refractivity contribution in [2.24, 2.45) is 0 Å². The number of nitrogens with one attached hydrogen (secondary N) is 1. The van der Waals surface area contributed by atoms with E-state index in [0.29, 0.717) is 18.7 Å². The summed E-state index contributed by atoms with van der Waals surface area (Å²) in [6.07, 6.45) is 4.87. The number of nitrogens with zero attached hydrogens (tertiary/aromatic N) is 1. The number of aryl methyl sites for hydroxylation is 1. The Morgan fingerprint density at radius 2 is 1.69 bits per heavy atom. The number of amides is 2. The van der Waals surface area contributed by atoms with Crippen LogP contribution < -0.4 is 5.32 Å². The Labute approximate surface area is 213 Å². The molecular formula is C27H33FN2O5S. The van der Waals surface area contributed by atoms with Crippen LogP contribution in [0.2, 0.25) is 0 Å². The summed E-state index contributed by atoms with van der Waals surface area (Å²) >= 11 is 0. The Balaban J connectivity index is 1.32. The molecule has 1 aliphatic heterocycles. The maximum absolute atomic E-state index is 12.9. The zero-order valence-corrected chi connectivity index (χ0v) is 21.4. The summed E-state index contributed by atoms with van der Waals surface area (Å²) in [4.78, 5) is 37.5. The van der Waals surface area contributed by atoms with Crippen LogP contribution in [0.5, 0.6) is 0 Å². The molecule has 0 spiro atoms. The van der Waals surface area contributed by atoms with Gasteiger partial charge in [0.05, 0.1) is 24.3 Å². The second-order valence-corrected chi connectivity index (χ2v) is 10.4. The summed E-state index contributed by atoms with van der Waals surface area (Å²) in [7, 11) is -1.36. The molecule has 7 nitrogen and oxygen atoms in total. The van der Waals surface area contributed by atoms with Crippen molar-refractivity contribution in [1.29, 1.82) is 0 Å². The first kappa shape index (κ1) is 27.5. The Morgan fingerprint density at radius 1 is 1.03 bits per heavy atom. The molecule has 194 valence electrons. The summed E-state index contributed by atoms with van der Waals surface area (Å²) in [6, 6.07) is 13.2. The zero-order valence-electron chi connectivity index (χ0n) is 20.5. The third-order valence-corrected chi connectivity index (χ3v) is 7.68. The van der Waals surface area contributed by atoms with Gasteiger partial charge < -0.3 is 15.0 Å². The van der Waals surface area contributed by atoms with Gasteiger partial charge in [0.2, 0.25) is 11.8 Å². The van der Waals surface area contributed by atoms with Crippen LogP contribution in [0.25, 0.3) is 0 Å². The molecule has 2 atom stereocenters. The number of rotatable bonds is 14. The van der Waals surface area contributed by atoms with Gasteiger partial charge >= 0.3 is 5.97 Å². The van der Waals surface area contributed by atoms with Crippen molar-refractivity contribution >= 4 is 28.6 Å². The van der Waals surface area contributed by atoms with Crippen LogP contribution in [-0.4, -0.2) is 52.0 Å². The molecule has 3 rings (SSSR count). The van der Waals surface area contributed by atoms with Gasteiger partial charge in [0.15, 0.2) is 0 Å². The quantitative estimate of drug-likeness (QED) is 0.235. The molecule has 0 aliphatic carbocycles. The second-order valence-electron chi connectivity index (χ2n) is 8.76. The van der Waals surface area contributed by atoms with Crippen molar-refractivity contribution in [1.82, 2.24) is 10.2 Å². The van der Waals surface area contributed by atoms with Crippen LogP contribution in [0.4, 0.5) is 4.39 Å². The summed E-state index contributed by atoms with van der Waals surface area (Å²) in [6.45, 7) is 2.46. The van der Waals surface area contributed by atoms with E-state index in [2.05, 4.69) is 5.32 Å². The predicted octanol–water partition coefficient (Wildman–Crippen LogP) is 3.73. The Hall–Kier alpha value is -3.07. The summed E-state index contributed by atoms with van der Waals surface area (Å²) < 4.78 is 30.7. The van der Waals surface area contributed by atoms with E-state index in [9.17, 15) is 23.0 Å². The van der Waals surface area contributed by atoms with E-state index in [1.54, 1.807) is 43.3 Å². The summed E-state index contributed by atoms with van der Waals surface area (Å²) in [5.74, 6) is -0.833. The number of carbonyl (C=O) groups is 3. The number of hydrogen-bond acceptors (Lipinski definition) is 5. The smallest absolute Gasteiger partial charge is 0.338 e.